The second-order valence-electron chi connectivity index (χ2n) is 3.74. The van der Waals surface area contributed by atoms with Gasteiger partial charge in [-0.25, -0.2) is 0 Å². The molecule has 1 rings (SSSR count). The highest BCUT2D eigenvalue weighted by Gasteiger charge is 2.33. The SMILES string of the molecule is C=C(C)CCC1(C=O)CCOC1. The maximum atomic E-state index is 10.8. The van der Waals surface area contributed by atoms with Crippen molar-refractivity contribution in [3.8, 4) is 0 Å². The van der Waals surface area contributed by atoms with E-state index in [1.807, 2.05) is 6.92 Å². The minimum absolute atomic E-state index is 0.195. The van der Waals surface area contributed by atoms with Crippen LogP contribution in [0.1, 0.15) is 26.2 Å². The smallest absolute Gasteiger partial charge is 0.128 e. The van der Waals surface area contributed by atoms with Crippen LogP contribution in [0.25, 0.3) is 0 Å². The second-order valence-corrected chi connectivity index (χ2v) is 3.74. The summed E-state index contributed by atoms with van der Waals surface area (Å²) in [5.74, 6) is 0. The minimum atomic E-state index is -0.195. The lowest BCUT2D eigenvalue weighted by Crippen LogP contribution is -2.22. The largest absolute Gasteiger partial charge is 0.380 e. The molecule has 1 unspecified atom stereocenters. The average Bonchev–Trinajstić information content (AvgIpc) is 2.50. The number of allylic oxidation sites excluding steroid dienone is 1. The molecule has 0 aromatic carbocycles. The van der Waals surface area contributed by atoms with E-state index in [9.17, 15) is 4.79 Å². The first kappa shape index (κ1) is 9.46. The highest BCUT2D eigenvalue weighted by molar-refractivity contribution is 5.60. The third-order valence-electron chi connectivity index (χ3n) is 2.43. The first-order valence-corrected chi connectivity index (χ1v) is 4.37. The fourth-order valence-corrected chi connectivity index (χ4v) is 1.43. The van der Waals surface area contributed by atoms with Crippen molar-refractivity contribution in [2.45, 2.75) is 26.2 Å². The maximum Gasteiger partial charge on any atom is 0.128 e. The van der Waals surface area contributed by atoms with Crippen LogP contribution in [0.5, 0.6) is 0 Å². The third-order valence-corrected chi connectivity index (χ3v) is 2.43. The van der Waals surface area contributed by atoms with Crippen LogP contribution in [-0.2, 0) is 9.53 Å². The third kappa shape index (κ3) is 2.18. The predicted octanol–water partition coefficient (Wildman–Crippen LogP) is 1.95. The van der Waals surface area contributed by atoms with Gasteiger partial charge in [0.25, 0.3) is 0 Å². The van der Waals surface area contributed by atoms with Crippen LogP contribution < -0.4 is 0 Å². The van der Waals surface area contributed by atoms with Gasteiger partial charge in [0.15, 0.2) is 0 Å². The van der Waals surface area contributed by atoms with Gasteiger partial charge in [0.1, 0.15) is 6.29 Å². The van der Waals surface area contributed by atoms with E-state index in [1.54, 1.807) is 0 Å². The zero-order chi connectivity index (χ0) is 9.03. The molecule has 0 aromatic heterocycles. The van der Waals surface area contributed by atoms with Crippen molar-refractivity contribution in [2.24, 2.45) is 5.41 Å². The second kappa shape index (κ2) is 3.85. The number of aldehydes is 1. The number of hydrogen-bond acceptors (Lipinski definition) is 2. The van der Waals surface area contributed by atoms with Crippen LogP contribution in [-0.4, -0.2) is 19.5 Å². The lowest BCUT2D eigenvalue weighted by atomic mass is 9.83. The molecule has 0 radical (unpaired) electrons. The average molecular weight is 168 g/mol. The summed E-state index contributed by atoms with van der Waals surface area (Å²) in [4.78, 5) is 10.8. The first-order valence-electron chi connectivity index (χ1n) is 4.37. The van der Waals surface area contributed by atoms with Gasteiger partial charge in [-0.05, 0) is 26.2 Å². The Bertz CT molecular complexity index is 178. The topological polar surface area (TPSA) is 26.3 Å². The van der Waals surface area contributed by atoms with E-state index < -0.39 is 0 Å². The lowest BCUT2D eigenvalue weighted by Gasteiger charge is -2.19. The molecule has 1 atom stereocenters. The summed E-state index contributed by atoms with van der Waals surface area (Å²) < 4.78 is 5.22. The predicted molar refractivity (Wildman–Crippen MR) is 48.0 cm³/mol. The van der Waals surface area contributed by atoms with Gasteiger partial charge in [-0.2, -0.15) is 0 Å². The fraction of sp³-hybridized carbons (Fsp3) is 0.700. The van der Waals surface area contributed by atoms with Crippen molar-refractivity contribution in [2.75, 3.05) is 13.2 Å². The van der Waals surface area contributed by atoms with Crippen molar-refractivity contribution < 1.29 is 9.53 Å². The summed E-state index contributed by atoms with van der Waals surface area (Å²) in [6.45, 7) is 7.15. The highest BCUT2D eigenvalue weighted by atomic mass is 16.5. The van der Waals surface area contributed by atoms with E-state index in [2.05, 4.69) is 6.58 Å². The van der Waals surface area contributed by atoms with Gasteiger partial charge >= 0.3 is 0 Å². The van der Waals surface area contributed by atoms with Crippen LogP contribution in [0.15, 0.2) is 12.2 Å². The van der Waals surface area contributed by atoms with Crippen molar-refractivity contribution in [3.05, 3.63) is 12.2 Å². The number of rotatable bonds is 4. The normalized spacial score (nSPS) is 28.8. The van der Waals surface area contributed by atoms with Crippen molar-refractivity contribution in [1.29, 1.82) is 0 Å². The lowest BCUT2D eigenvalue weighted by molar-refractivity contribution is -0.116. The van der Waals surface area contributed by atoms with Gasteiger partial charge < -0.3 is 9.53 Å². The summed E-state index contributed by atoms with van der Waals surface area (Å²) in [5.41, 5.74) is 0.946. The standard InChI is InChI=1S/C10H16O2/c1-9(2)3-4-10(7-11)5-6-12-8-10/h7H,1,3-6,8H2,2H3. The van der Waals surface area contributed by atoms with Gasteiger partial charge in [-0.1, -0.05) is 5.57 Å². The zero-order valence-electron chi connectivity index (χ0n) is 7.64. The minimum Gasteiger partial charge on any atom is -0.380 e. The van der Waals surface area contributed by atoms with E-state index in [0.717, 1.165) is 37.7 Å². The molecule has 0 aliphatic carbocycles. The molecule has 68 valence electrons. The van der Waals surface area contributed by atoms with Gasteiger partial charge in [0.2, 0.25) is 0 Å². The maximum absolute atomic E-state index is 10.8. The van der Waals surface area contributed by atoms with E-state index in [-0.39, 0.29) is 5.41 Å². The Labute approximate surface area is 73.6 Å². The number of carbonyl (C=O) groups is 1. The molecule has 0 N–H and O–H groups in total. The van der Waals surface area contributed by atoms with E-state index in [1.165, 1.54) is 0 Å². The molecule has 2 heteroatoms. The monoisotopic (exact) mass is 168 g/mol. The number of ether oxygens (including phenoxy) is 1. The molecule has 0 bridgehead atoms. The Morgan fingerprint density at radius 2 is 2.50 bits per heavy atom. The summed E-state index contributed by atoms with van der Waals surface area (Å²) in [7, 11) is 0. The first-order chi connectivity index (χ1) is 5.68. The zero-order valence-corrected chi connectivity index (χ0v) is 7.64. The van der Waals surface area contributed by atoms with Gasteiger partial charge in [-0.3, -0.25) is 0 Å². The Morgan fingerprint density at radius 1 is 1.75 bits per heavy atom. The summed E-state index contributed by atoms with van der Waals surface area (Å²) >= 11 is 0. The van der Waals surface area contributed by atoms with Gasteiger partial charge in [-0.15, -0.1) is 6.58 Å². The van der Waals surface area contributed by atoms with E-state index >= 15 is 0 Å². The van der Waals surface area contributed by atoms with Crippen LogP contribution in [0, 0.1) is 5.41 Å². The molecule has 1 fully saturated rings. The molecule has 1 aliphatic heterocycles. The van der Waals surface area contributed by atoms with Gasteiger partial charge in [0.05, 0.1) is 12.0 Å². The number of hydrogen-bond donors (Lipinski definition) is 0. The molecule has 0 aromatic rings. The molecular formula is C10H16O2. The van der Waals surface area contributed by atoms with Crippen LogP contribution in [0.3, 0.4) is 0 Å². The van der Waals surface area contributed by atoms with E-state index in [4.69, 9.17) is 4.74 Å². The Balaban J connectivity index is 2.44. The Morgan fingerprint density at radius 3 is 2.92 bits per heavy atom. The van der Waals surface area contributed by atoms with Crippen molar-refractivity contribution in [3.63, 3.8) is 0 Å². The molecule has 1 heterocycles. The number of carbonyl (C=O) groups excluding carboxylic acids is 1. The summed E-state index contributed by atoms with van der Waals surface area (Å²) in [6, 6.07) is 0. The molecule has 1 saturated heterocycles. The fourth-order valence-electron chi connectivity index (χ4n) is 1.43. The summed E-state index contributed by atoms with van der Waals surface area (Å²) in [5, 5.41) is 0. The molecule has 0 amide bonds. The highest BCUT2D eigenvalue weighted by Crippen LogP contribution is 2.32. The Kier molecular flexibility index (Phi) is 3.04. The van der Waals surface area contributed by atoms with Crippen LogP contribution in [0.2, 0.25) is 0 Å². The summed E-state index contributed by atoms with van der Waals surface area (Å²) in [6.07, 6.45) is 3.76. The molecule has 1 aliphatic rings. The molecule has 0 saturated carbocycles. The van der Waals surface area contributed by atoms with Crippen molar-refractivity contribution >= 4 is 6.29 Å². The molecule has 0 spiro atoms. The van der Waals surface area contributed by atoms with Crippen molar-refractivity contribution in [1.82, 2.24) is 0 Å². The quantitative estimate of drug-likeness (QED) is 0.473. The Hall–Kier alpha value is -0.630. The molecule has 12 heavy (non-hydrogen) atoms. The van der Waals surface area contributed by atoms with Crippen LogP contribution >= 0.6 is 0 Å². The van der Waals surface area contributed by atoms with E-state index in [0.29, 0.717) is 6.61 Å². The van der Waals surface area contributed by atoms with Gasteiger partial charge in [0, 0.05) is 6.61 Å². The van der Waals surface area contributed by atoms with Crippen LogP contribution in [0.4, 0.5) is 0 Å². The molecule has 2 nitrogen and oxygen atoms in total. The molecular weight excluding hydrogens is 152 g/mol.